The van der Waals surface area contributed by atoms with Crippen molar-refractivity contribution >= 4 is 22.3 Å². The molecule has 5 aromatic carbocycles. The van der Waals surface area contributed by atoms with Crippen LogP contribution in [0.15, 0.2) is 106 Å². The monoisotopic (exact) mass is 888 g/mol. The predicted octanol–water partition coefficient (Wildman–Crippen LogP) is 4.50. The van der Waals surface area contributed by atoms with Gasteiger partial charge in [-0.1, -0.05) is 6.07 Å². The summed E-state index contributed by atoms with van der Waals surface area (Å²) in [7, 11) is 0. The number of aliphatic hydroxyl groups is 2. The van der Waals surface area contributed by atoms with Crippen LogP contribution in [0.4, 0.5) is 0 Å². The van der Waals surface area contributed by atoms with Crippen LogP contribution in [0.3, 0.4) is 0 Å². The van der Waals surface area contributed by atoms with Crippen LogP contribution in [0.25, 0.3) is 27.7 Å². The van der Waals surface area contributed by atoms with Crippen LogP contribution in [-0.4, -0.2) is 96.6 Å². The molecule has 0 bridgehead atoms. The largest absolute Gasteiger partial charge is 0.508 e. The number of carbonyl (C=O) groups is 1. The van der Waals surface area contributed by atoms with Crippen LogP contribution in [-0.2, 0) is 22.4 Å². The van der Waals surface area contributed by atoms with E-state index in [1.165, 1.54) is 42.5 Å². The molecule has 5 aliphatic rings. The molecule has 332 valence electrons. The summed E-state index contributed by atoms with van der Waals surface area (Å²) in [4.78, 5) is 23.9. The van der Waals surface area contributed by atoms with E-state index in [1.807, 2.05) is 0 Å². The molecule has 18 heteroatoms. The Balaban J connectivity index is 0.000000123. The highest BCUT2D eigenvalue weighted by molar-refractivity contribution is 6.04. The highest BCUT2D eigenvalue weighted by Crippen LogP contribution is 2.54. The Bertz CT molecular complexity index is 3190. The normalized spacial score (nSPS) is 20.6. The molecule has 11 rings (SSSR count). The van der Waals surface area contributed by atoms with Crippen LogP contribution in [0.1, 0.15) is 33.7 Å². The number of fused-ring (bicyclic) bond motifs is 10. The molecule has 0 radical (unpaired) electrons. The van der Waals surface area contributed by atoms with Crippen LogP contribution in [0, 0.1) is 0 Å². The molecular weight excluding hydrogens is 852 g/mol. The highest BCUT2D eigenvalue weighted by atomic mass is 16.5. The second-order valence-electron chi connectivity index (χ2n) is 16.1. The first-order valence-corrected chi connectivity index (χ1v) is 19.5. The Morgan fingerprint density at radius 3 is 1.97 bits per heavy atom. The third kappa shape index (κ3) is 6.84. The van der Waals surface area contributed by atoms with Crippen molar-refractivity contribution in [1.82, 2.24) is 0 Å². The topological polar surface area (TPSA) is 329 Å². The lowest BCUT2D eigenvalue weighted by atomic mass is 9.80. The number of carbonyl (C=O) groups excluding carboxylic acids is 1. The van der Waals surface area contributed by atoms with Crippen LogP contribution in [0.5, 0.6) is 69.0 Å². The number of aromatic hydroxyl groups is 11. The first-order chi connectivity index (χ1) is 30.8. The molecule has 2 unspecified atom stereocenters. The van der Waals surface area contributed by atoms with E-state index in [4.69, 9.17) is 13.9 Å². The van der Waals surface area contributed by atoms with Gasteiger partial charge in [-0.05, 0) is 82.4 Å². The van der Waals surface area contributed by atoms with Crippen molar-refractivity contribution in [2.45, 2.75) is 30.0 Å². The lowest BCUT2D eigenvalue weighted by Gasteiger charge is -2.36. The number of hydrogen-bond acceptors (Lipinski definition) is 18. The second-order valence-corrected chi connectivity index (χ2v) is 16.1. The standard InChI is InChI=1S/C16H14O5.C16H12O5.C15H10O8/c2*17-9-1-2-10-14(4-9)21-7-16(20)6-8-3-12(18)13(19)5-11(8)15(10)16;16-7-1-5(2-8(17)13(7)20)6-4-23-10-3-9(18)14(21)15(22)11(10)12(6)19/h1-5,15,17-20H,6-7H2;1-5,18-20H,6-7H2;1-4,16-18,20-22H/t;16-;/m.1./s1. The van der Waals surface area contributed by atoms with Gasteiger partial charge in [-0.2, -0.15) is 0 Å². The molecule has 0 spiro atoms. The Morgan fingerprint density at radius 1 is 0.585 bits per heavy atom. The first kappa shape index (κ1) is 41.9. The maximum absolute atomic E-state index is 12.5. The van der Waals surface area contributed by atoms with Crippen molar-refractivity contribution < 1.29 is 85.1 Å². The highest BCUT2D eigenvalue weighted by Gasteiger charge is 2.50. The number of phenolic OH excluding ortho intramolecular Hbond substituents is 11. The molecule has 3 aliphatic carbocycles. The van der Waals surface area contributed by atoms with E-state index in [0.717, 1.165) is 46.7 Å². The van der Waals surface area contributed by atoms with Gasteiger partial charge in [0.25, 0.3) is 0 Å². The Labute approximate surface area is 364 Å². The molecule has 0 saturated carbocycles. The molecule has 0 amide bonds. The molecular formula is C47H36O18. The van der Waals surface area contributed by atoms with Gasteiger partial charge in [-0.25, -0.2) is 0 Å². The number of rotatable bonds is 1. The van der Waals surface area contributed by atoms with Crippen molar-refractivity contribution in [1.29, 1.82) is 0 Å². The summed E-state index contributed by atoms with van der Waals surface area (Å²) in [6, 6.07) is 13.7. The minimum absolute atomic E-state index is 0.0143. The predicted molar refractivity (Wildman–Crippen MR) is 225 cm³/mol. The minimum atomic E-state index is -1.21. The number of hydrogen-bond donors (Lipinski definition) is 13. The van der Waals surface area contributed by atoms with E-state index < -0.39 is 51.1 Å². The van der Waals surface area contributed by atoms with Gasteiger partial charge in [0.2, 0.25) is 11.2 Å². The zero-order valence-corrected chi connectivity index (χ0v) is 33.3. The summed E-state index contributed by atoms with van der Waals surface area (Å²) >= 11 is 0. The lowest BCUT2D eigenvalue weighted by molar-refractivity contribution is -0.110. The van der Waals surface area contributed by atoms with Crippen molar-refractivity contribution in [3.8, 4) is 80.1 Å². The van der Waals surface area contributed by atoms with E-state index in [2.05, 4.69) is 0 Å². The van der Waals surface area contributed by atoms with Crippen molar-refractivity contribution in [3.05, 3.63) is 135 Å². The maximum atomic E-state index is 12.5. The molecule has 13 N–H and O–H groups in total. The minimum Gasteiger partial charge on any atom is -0.508 e. The van der Waals surface area contributed by atoms with Crippen molar-refractivity contribution in [2.75, 3.05) is 13.2 Å². The first-order valence-electron chi connectivity index (χ1n) is 19.5. The van der Waals surface area contributed by atoms with E-state index in [-0.39, 0.29) is 75.8 Å². The molecule has 18 nitrogen and oxygen atoms in total. The van der Waals surface area contributed by atoms with E-state index in [9.17, 15) is 76.0 Å². The van der Waals surface area contributed by atoms with E-state index in [1.54, 1.807) is 18.2 Å². The third-order valence-electron chi connectivity index (χ3n) is 11.8. The summed E-state index contributed by atoms with van der Waals surface area (Å²) in [6.45, 7) is 0.138. The molecule has 3 heterocycles. The fraction of sp³-hybridized carbons (Fsp3) is 0.149. The fourth-order valence-electron chi connectivity index (χ4n) is 8.86. The summed E-state index contributed by atoms with van der Waals surface area (Å²) in [6.07, 6.45) is 6.06. The fourth-order valence-corrected chi connectivity index (χ4v) is 8.86. The number of phenols is 11. The summed E-state index contributed by atoms with van der Waals surface area (Å²) < 4.78 is 16.2. The van der Waals surface area contributed by atoms with Gasteiger partial charge < -0.3 is 80.3 Å². The van der Waals surface area contributed by atoms with Gasteiger partial charge in [0.15, 0.2) is 57.5 Å². The Kier molecular flexibility index (Phi) is 9.54. The van der Waals surface area contributed by atoms with Crippen LogP contribution >= 0.6 is 0 Å². The van der Waals surface area contributed by atoms with Gasteiger partial charge in [0.05, 0.1) is 5.56 Å². The third-order valence-corrected chi connectivity index (χ3v) is 11.8. The summed E-state index contributed by atoms with van der Waals surface area (Å²) in [5.74, 6) is -4.74. The molecule has 6 aromatic rings. The van der Waals surface area contributed by atoms with Gasteiger partial charge in [0.1, 0.15) is 58.9 Å². The van der Waals surface area contributed by atoms with E-state index >= 15 is 0 Å². The smallest absolute Gasteiger partial charge is 0.204 e. The quantitative estimate of drug-likeness (QED) is 0.101. The molecule has 0 fully saturated rings. The molecule has 1 aromatic heterocycles. The SMILES string of the molecule is O=C1C=CC2=C3c4cc(O)c(O)cc4C[C@@]3(O)COC2=C1.O=c1c(-c2cc(O)c(O)c(O)c2)coc2cc(O)c(O)c(O)c12.Oc1ccc2c(c1)OCC1(O)Cc3cc(O)c(O)cc3C21. The molecule has 65 heavy (non-hydrogen) atoms. The molecule has 0 saturated heterocycles. The number of benzene rings is 5. The average Bonchev–Trinajstić information content (AvgIpc) is 3.71. The second kappa shape index (κ2) is 14.8. The van der Waals surface area contributed by atoms with Crippen LogP contribution in [0.2, 0.25) is 0 Å². The number of ether oxygens (including phenoxy) is 2. The van der Waals surface area contributed by atoms with Gasteiger partial charge in [0, 0.05) is 53.7 Å². The van der Waals surface area contributed by atoms with E-state index in [0.29, 0.717) is 41.1 Å². The molecule has 2 aliphatic heterocycles. The average molecular weight is 889 g/mol. The Hall–Kier alpha value is -8.48. The van der Waals surface area contributed by atoms with Gasteiger partial charge in [-0.15, -0.1) is 0 Å². The summed E-state index contributed by atoms with van der Waals surface area (Å²) in [5, 5.41) is 127. The lowest BCUT2D eigenvalue weighted by Crippen LogP contribution is -2.43. The summed E-state index contributed by atoms with van der Waals surface area (Å²) in [5.41, 5.74) is 1.65. The number of ketones is 1. The van der Waals surface area contributed by atoms with Crippen molar-refractivity contribution in [3.63, 3.8) is 0 Å². The van der Waals surface area contributed by atoms with Crippen molar-refractivity contribution in [2.24, 2.45) is 0 Å². The number of allylic oxidation sites excluding steroid dienone is 3. The Morgan fingerprint density at radius 2 is 1.25 bits per heavy atom. The zero-order valence-electron chi connectivity index (χ0n) is 33.3. The van der Waals surface area contributed by atoms with Crippen LogP contribution < -0.4 is 10.2 Å². The maximum Gasteiger partial charge on any atom is 0.204 e. The molecule has 3 atom stereocenters. The van der Waals surface area contributed by atoms with Gasteiger partial charge in [-0.3, -0.25) is 9.59 Å². The zero-order chi connectivity index (χ0) is 46.4. The van der Waals surface area contributed by atoms with Gasteiger partial charge >= 0.3 is 0 Å².